The Morgan fingerprint density at radius 1 is 1.30 bits per heavy atom. The van der Waals surface area contributed by atoms with Crippen LogP contribution >= 0.6 is 0 Å². The number of carbonyl (C=O) groups excluding carboxylic acids is 1. The van der Waals surface area contributed by atoms with Gasteiger partial charge in [-0.1, -0.05) is 6.92 Å². The molecule has 5 nitrogen and oxygen atoms in total. The Balaban J connectivity index is 2.52. The monoisotopic (exact) mass is 285 g/mol. The van der Waals surface area contributed by atoms with Crippen molar-refractivity contribution in [2.45, 2.75) is 83.5 Å². The number of aliphatic hydroxyl groups excluding tert-OH is 1. The molecular weight excluding hydrogens is 254 g/mol. The molecular formula is C15H31N3O2. The van der Waals surface area contributed by atoms with Crippen molar-refractivity contribution in [2.75, 3.05) is 6.61 Å². The van der Waals surface area contributed by atoms with Crippen molar-refractivity contribution in [2.24, 2.45) is 0 Å². The van der Waals surface area contributed by atoms with Crippen molar-refractivity contribution in [1.82, 2.24) is 16.0 Å². The zero-order chi connectivity index (χ0) is 15.4. The maximum absolute atomic E-state index is 12.1. The Labute approximate surface area is 122 Å². The second-order valence-corrected chi connectivity index (χ2v) is 7.23. The van der Waals surface area contributed by atoms with Crippen molar-refractivity contribution >= 4 is 6.03 Å². The number of aliphatic hydroxyl groups is 1. The van der Waals surface area contributed by atoms with Gasteiger partial charge in [-0.05, 0) is 53.4 Å². The summed E-state index contributed by atoms with van der Waals surface area (Å²) >= 11 is 0. The van der Waals surface area contributed by atoms with Gasteiger partial charge in [0.05, 0.1) is 0 Å². The molecule has 4 N–H and O–H groups in total. The normalized spacial score (nSPS) is 23.1. The van der Waals surface area contributed by atoms with E-state index in [1.54, 1.807) is 0 Å². The first-order valence-corrected chi connectivity index (χ1v) is 7.64. The van der Waals surface area contributed by atoms with Crippen molar-refractivity contribution in [3.63, 3.8) is 0 Å². The SMILES string of the molecule is CCC(CCO)NC(=O)NC1CC(C)(C)NC(C)(C)C1. The zero-order valence-corrected chi connectivity index (χ0v) is 13.5. The standard InChI is InChI=1S/C15H31N3O2/c1-6-11(7-8-19)16-13(20)17-12-9-14(2,3)18-15(4,5)10-12/h11-12,18-19H,6-10H2,1-5H3,(H2,16,17,20). The highest BCUT2D eigenvalue weighted by Crippen LogP contribution is 2.28. The molecule has 1 rings (SSSR count). The highest BCUT2D eigenvalue weighted by atomic mass is 16.3. The van der Waals surface area contributed by atoms with Gasteiger partial charge in [-0.3, -0.25) is 0 Å². The fourth-order valence-corrected chi connectivity index (χ4v) is 3.37. The summed E-state index contributed by atoms with van der Waals surface area (Å²) in [6.07, 6.45) is 3.27. The summed E-state index contributed by atoms with van der Waals surface area (Å²) in [4.78, 5) is 12.1. The molecule has 2 amide bonds. The van der Waals surface area contributed by atoms with Crippen LogP contribution in [0.1, 0.15) is 60.3 Å². The Morgan fingerprint density at radius 2 is 1.85 bits per heavy atom. The number of rotatable bonds is 5. The first-order valence-electron chi connectivity index (χ1n) is 7.64. The van der Waals surface area contributed by atoms with Gasteiger partial charge >= 0.3 is 6.03 Å². The first-order chi connectivity index (χ1) is 9.17. The van der Waals surface area contributed by atoms with Crippen LogP contribution in [0.3, 0.4) is 0 Å². The maximum Gasteiger partial charge on any atom is 0.315 e. The van der Waals surface area contributed by atoms with E-state index < -0.39 is 0 Å². The number of nitrogens with one attached hydrogen (secondary N) is 3. The lowest BCUT2D eigenvalue weighted by molar-refractivity contribution is 0.146. The molecule has 0 bridgehead atoms. The van der Waals surface area contributed by atoms with Crippen LogP contribution in [0.15, 0.2) is 0 Å². The van der Waals surface area contributed by atoms with Crippen molar-refractivity contribution in [1.29, 1.82) is 0 Å². The van der Waals surface area contributed by atoms with Gasteiger partial charge in [0.1, 0.15) is 0 Å². The van der Waals surface area contributed by atoms with Gasteiger partial charge in [-0.2, -0.15) is 0 Å². The van der Waals surface area contributed by atoms with E-state index in [2.05, 4.69) is 43.6 Å². The predicted octanol–water partition coefficient (Wildman–Crippen LogP) is 1.76. The molecule has 0 radical (unpaired) electrons. The van der Waals surface area contributed by atoms with Gasteiger partial charge < -0.3 is 21.1 Å². The quantitative estimate of drug-likeness (QED) is 0.622. The van der Waals surface area contributed by atoms with Crippen molar-refractivity contribution in [3.8, 4) is 0 Å². The topological polar surface area (TPSA) is 73.4 Å². The summed E-state index contributed by atoms with van der Waals surface area (Å²) in [5, 5.41) is 18.6. The van der Waals surface area contributed by atoms with Crippen molar-refractivity contribution in [3.05, 3.63) is 0 Å². The summed E-state index contributed by atoms with van der Waals surface area (Å²) in [7, 11) is 0. The number of urea groups is 1. The summed E-state index contributed by atoms with van der Waals surface area (Å²) in [5.41, 5.74) is 0.0455. The fourth-order valence-electron chi connectivity index (χ4n) is 3.37. The number of piperidine rings is 1. The minimum atomic E-state index is -0.121. The average molecular weight is 285 g/mol. The summed E-state index contributed by atoms with van der Waals surface area (Å²) in [5.74, 6) is 0. The van der Waals surface area contributed by atoms with Crippen LogP contribution in [-0.2, 0) is 0 Å². The summed E-state index contributed by atoms with van der Waals surface area (Å²) in [6.45, 7) is 10.8. The van der Waals surface area contributed by atoms with E-state index in [0.29, 0.717) is 6.42 Å². The number of carbonyl (C=O) groups is 1. The van der Waals surface area contributed by atoms with E-state index in [1.165, 1.54) is 0 Å². The smallest absolute Gasteiger partial charge is 0.315 e. The molecule has 1 saturated heterocycles. The molecule has 118 valence electrons. The molecule has 0 aromatic carbocycles. The molecule has 0 aromatic heterocycles. The highest BCUT2D eigenvalue weighted by molar-refractivity contribution is 5.74. The van der Waals surface area contributed by atoms with Gasteiger partial charge in [-0.15, -0.1) is 0 Å². The van der Waals surface area contributed by atoms with Crippen molar-refractivity contribution < 1.29 is 9.90 Å². The second kappa shape index (κ2) is 6.76. The zero-order valence-electron chi connectivity index (χ0n) is 13.5. The van der Waals surface area contributed by atoms with Crippen LogP contribution in [0.2, 0.25) is 0 Å². The van der Waals surface area contributed by atoms with E-state index >= 15 is 0 Å². The average Bonchev–Trinajstić information content (AvgIpc) is 2.23. The second-order valence-electron chi connectivity index (χ2n) is 7.23. The van der Waals surface area contributed by atoms with Crippen LogP contribution in [0.25, 0.3) is 0 Å². The molecule has 0 aromatic rings. The lowest BCUT2D eigenvalue weighted by atomic mass is 9.80. The first kappa shape index (κ1) is 17.2. The molecule has 1 atom stereocenters. The maximum atomic E-state index is 12.1. The lowest BCUT2D eigenvalue weighted by Gasteiger charge is -2.46. The summed E-state index contributed by atoms with van der Waals surface area (Å²) < 4.78 is 0. The number of hydrogen-bond acceptors (Lipinski definition) is 3. The molecule has 1 fully saturated rings. The molecule has 1 heterocycles. The largest absolute Gasteiger partial charge is 0.396 e. The number of amides is 2. The van der Waals surface area contributed by atoms with Gasteiger partial charge in [0, 0.05) is 29.8 Å². The van der Waals surface area contributed by atoms with E-state index in [-0.39, 0.29) is 35.8 Å². The highest BCUT2D eigenvalue weighted by Gasteiger charge is 2.38. The summed E-state index contributed by atoms with van der Waals surface area (Å²) in [6, 6.07) is 0.0967. The third kappa shape index (κ3) is 5.67. The third-order valence-electron chi connectivity index (χ3n) is 3.83. The van der Waals surface area contributed by atoms with Crippen LogP contribution in [0.4, 0.5) is 4.79 Å². The Morgan fingerprint density at radius 3 is 2.30 bits per heavy atom. The van der Waals surface area contributed by atoms with E-state index in [1.807, 2.05) is 6.92 Å². The molecule has 1 aliphatic rings. The molecule has 1 aliphatic heterocycles. The van der Waals surface area contributed by atoms with E-state index in [0.717, 1.165) is 19.3 Å². The van der Waals surface area contributed by atoms with Gasteiger partial charge in [-0.25, -0.2) is 4.79 Å². The molecule has 0 spiro atoms. The molecule has 5 heteroatoms. The molecule has 20 heavy (non-hydrogen) atoms. The molecule has 0 aliphatic carbocycles. The minimum Gasteiger partial charge on any atom is -0.396 e. The van der Waals surface area contributed by atoms with Crippen LogP contribution in [0, 0.1) is 0 Å². The van der Waals surface area contributed by atoms with Gasteiger partial charge in [0.15, 0.2) is 0 Å². The molecule has 1 unspecified atom stereocenters. The lowest BCUT2D eigenvalue weighted by Crippen LogP contribution is -2.63. The van der Waals surface area contributed by atoms with E-state index in [9.17, 15) is 4.79 Å². The third-order valence-corrected chi connectivity index (χ3v) is 3.83. The Kier molecular flexibility index (Phi) is 5.83. The van der Waals surface area contributed by atoms with Crippen LogP contribution < -0.4 is 16.0 Å². The van der Waals surface area contributed by atoms with Gasteiger partial charge in [0.25, 0.3) is 0 Å². The van der Waals surface area contributed by atoms with Crippen LogP contribution in [-0.4, -0.2) is 40.9 Å². The van der Waals surface area contributed by atoms with E-state index in [4.69, 9.17) is 5.11 Å². The number of hydrogen-bond donors (Lipinski definition) is 4. The predicted molar refractivity (Wildman–Crippen MR) is 81.8 cm³/mol. The fraction of sp³-hybridized carbons (Fsp3) is 0.933. The van der Waals surface area contributed by atoms with Crippen LogP contribution in [0.5, 0.6) is 0 Å². The molecule has 0 saturated carbocycles. The van der Waals surface area contributed by atoms with Gasteiger partial charge in [0.2, 0.25) is 0 Å². The Hall–Kier alpha value is -0.810. The Bertz CT molecular complexity index is 313. The minimum absolute atomic E-state index is 0.0228.